The molecule has 1 aliphatic heterocycles. The maximum Gasteiger partial charge on any atom is 0.351 e. The average molecular weight is 171 g/mol. The zero-order chi connectivity index (χ0) is 9.19. The first kappa shape index (κ1) is 9.03. The van der Waals surface area contributed by atoms with Crippen LogP contribution in [0.2, 0.25) is 0 Å². The van der Waals surface area contributed by atoms with Crippen molar-refractivity contribution in [3.63, 3.8) is 0 Å². The molecule has 4 nitrogen and oxygen atoms in total. The molecule has 0 aromatic carbocycles. The van der Waals surface area contributed by atoms with E-state index in [1.807, 2.05) is 6.92 Å². The Morgan fingerprint density at radius 2 is 2.50 bits per heavy atom. The third-order valence-corrected chi connectivity index (χ3v) is 1.91. The summed E-state index contributed by atoms with van der Waals surface area (Å²) in [5, 5.41) is 12.5. The van der Waals surface area contributed by atoms with Gasteiger partial charge in [-0.1, -0.05) is 18.5 Å². The smallest absolute Gasteiger partial charge is 0.351 e. The normalized spacial score (nSPS) is 28.0. The summed E-state index contributed by atoms with van der Waals surface area (Å²) in [7, 11) is 0. The molecule has 0 saturated carbocycles. The minimum absolute atomic E-state index is 0.413. The summed E-state index contributed by atoms with van der Waals surface area (Å²) in [5.41, 5.74) is -0.271. The Bertz CT molecular complexity index is 224. The SMILES string of the molecule is CCCC1=NOC(C)(C(=O)O)C1. The number of carbonyl (C=O) groups is 1. The van der Waals surface area contributed by atoms with Crippen LogP contribution in [0.5, 0.6) is 0 Å². The molecule has 0 fully saturated rings. The molecule has 1 N–H and O–H groups in total. The van der Waals surface area contributed by atoms with E-state index in [1.165, 1.54) is 0 Å². The fourth-order valence-corrected chi connectivity index (χ4v) is 1.16. The van der Waals surface area contributed by atoms with Gasteiger partial charge in [0.25, 0.3) is 0 Å². The van der Waals surface area contributed by atoms with Gasteiger partial charge in [0.1, 0.15) is 0 Å². The third-order valence-electron chi connectivity index (χ3n) is 1.91. The lowest BCUT2D eigenvalue weighted by Gasteiger charge is -2.14. The van der Waals surface area contributed by atoms with Crippen LogP contribution in [0, 0.1) is 0 Å². The van der Waals surface area contributed by atoms with Crippen molar-refractivity contribution in [2.75, 3.05) is 0 Å². The van der Waals surface area contributed by atoms with Crippen LogP contribution >= 0.6 is 0 Å². The number of oxime groups is 1. The molecular weight excluding hydrogens is 158 g/mol. The third kappa shape index (κ3) is 1.57. The number of carboxylic acid groups (broad SMARTS) is 1. The fourth-order valence-electron chi connectivity index (χ4n) is 1.16. The number of carboxylic acids is 1. The highest BCUT2D eigenvalue weighted by molar-refractivity contribution is 5.92. The van der Waals surface area contributed by atoms with Crippen LogP contribution in [0.15, 0.2) is 5.16 Å². The Morgan fingerprint density at radius 1 is 1.83 bits per heavy atom. The van der Waals surface area contributed by atoms with Gasteiger partial charge < -0.3 is 9.94 Å². The van der Waals surface area contributed by atoms with Crippen LogP contribution in [-0.4, -0.2) is 22.4 Å². The van der Waals surface area contributed by atoms with E-state index in [1.54, 1.807) is 6.92 Å². The van der Waals surface area contributed by atoms with Gasteiger partial charge in [0.15, 0.2) is 0 Å². The van der Waals surface area contributed by atoms with Crippen molar-refractivity contribution in [1.29, 1.82) is 0 Å². The molecule has 4 heteroatoms. The van der Waals surface area contributed by atoms with E-state index in [0.29, 0.717) is 6.42 Å². The number of rotatable bonds is 3. The molecule has 0 spiro atoms. The van der Waals surface area contributed by atoms with Crippen molar-refractivity contribution in [3.05, 3.63) is 0 Å². The van der Waals surface area contributed by atoms with E-state index in [-0.39, 0.29) is 0 Å². The molecule has 0 bridgehead atoms. The van der Waals surface area contributed by atoms with Crippen LogP contribution < -0.4 is 0 Å². The standard InChI is InChI=1S/C8H13NO3/c1-3-4-6-5-8(2,7(10)11)12-9-6/h3-5H2,1-2H3,(H,10,11). The summed E-state index contributed by atoms with van der Waals surface area (Å²) in [5.74, 6) is -0.947. The van der Waals surface area contributed by atoms with Crippen LogP contribution in [-0.2, 0) is 9.63 Å². The zero-order valence-corrected chi connectivity index (χ0v) is 7.33. The first-order valence-electron chi connectivity index (χ1n) is 4.06. The summed E-state index contributed by atoms with van der Waals surface area (Å²) in [6.07, 6.45) is 2.21. The molecule has 1 rings (SSSR count). The summed E-state index contributed by atoms with van der Waals surface area (Å²) >= 11 is 0. The van der Waals surface area contributed by atoms with Gasteiger partial charge in [-0.15, -0.1) is 0 Å². The van der Waals surface area contributed by atoms with Gasteiger partial charge in [-0.2, -0.15) is 0 Å². The number of nitrogens with zero attached hydrogens (tertiary/aromatic N) is 1. The lowest BCUT2D eigenvalue weighted by atomic mass is 9.98. The van der Waals surface area contributed by atoms with Gasteiger partial charge in [0, 0.05) is 6.42 Å². The zero-order valence-electron chi connectivity index (χ0n) is 7.33. The van der Waals surface area contributed by atoms with Crippen molar-refractivity contribution in [1.82, 2.24) is 0 Å². The van der Waals surface area contributed by atoms with E-state index in [4.69, 9.17) is 9.94 Å². The molecule has 0 aromatic rings. The molecule has 1 heterocycles. The number of aliphatic carboxylic acids is 1. The second-order valence-electron chi connectivity index (χ2n) is 3.21. The second kappa shape index (κ2) is 3.13. The predicted octanol–water partition coefficient (Wildman–Crippen LogP) is 1.41. The topological polar surface area (TPSA) is 58.9 Å². The van der Waals surface area contributed by atoms with Crippen LogP contribution in [0.1, 0.15) is 33.1 Å². The molecular formula is C8H13NO3. The van der Waals surface area contributed by atoms with Gasteiger partial charge in [-0.3, -0.25) is 0 Å². The van der Waals surface area contributed by atoms with E-state index < -0.39 is 11.6 Å². The van der Waals surface area contributed by atoms with Gasteiger partial charge in [-0.25, -0.2) is 4.79 Å². The van der Waals surface area contributed by atoms with Crippen molar-refractivity contribution in [2.24, 2.45) is 5.16 Å². The maximum atomic E-state index is 10.7. The average Bonchev–Trinajstić information content (AvgIpc) is 2.34. The minimum Gasteiger partial charge on any atom is -0.478 e. The Balaban J connectivity index is 2.55. The lowest BCUT2D eigenvalue weighted by molar-refractivity contribution is -0.160. The fraction of sp³-hybridized carbons (Fsp3) is 0.750. The van der Waals surface area contributed by atoms with Gasteiger partial charge in [0.2, 0.25) is 5.60 Å². The molecule has 12 heavy (non-hydrogen) atoms. The largest absolute Gasteiger partial charge is 0.478 e. The Morgan fingerprint density at radius 3 is 2.92 bits per heavy atom. The number of hydrogen-bond acceptors (Lipinski definition) is 3. The van der Waals surface area contributed by atoms with E-state index in [9.17, 15) is 4.79 Å². The Kier molecular flexibility index (Phi) is 2.35. The molecule has 1 aliphatic rings. The summed E-state index contributed by atoms with van der Waals surface area (Å²) in [6, 6.07) is 0. The monoisotopic (exact) mass is 171 g/mol. The summed E-state index contributed by atoms with van der Waals surface area (Å²) in [4.78, 5) is 15.5. The van der Waals surface area contributed by atoms with Crippen molar-refractivity contribution in [3.8, 4) is 0 Å². The quantitative estimate of drug-likeness (QED) is 0.698. The van der Waals surface area contributed by atoms with Crippen molar-refractivity contribution >= 4 is 11.7 Å². The predicted molar refractivity (Wildman–Crippen MR) is 44.1 cm³/mol. The van der Waals surface area contributed by atoms with Crippen LogP contribution in [0.3, 0.4) is 0 Å². The summed E-state index contributed by atoms with van der Waals surface area (Å²) < 4.78 is 0. The molecule has 0 aliphatic carbocycles. The first-order chi connectivity index (χ1) is 5.58. The highest BCUT2D eigenvalue weighted by Crippen LogP contribution is 2.25. The molecule has 1 atom stereocenters. The first-order valence-corrected chi connectivity index (χ1v) is 4.06. The molecule has 0 radical (unpaired) electrons. The molecule has 0 saturated heterocycles. The van der Waals surface area contributed by atoms with Gasteiger partial charge in [0.05, 0.1) is 5.71 Å². The van der Waals surface area contributed by atoms with E-state index in [2.05, 4.69) is 5.16 Å². The van der Waals surface area contributed by atoms with E-state index >= 15 is 0 Å². The number of hydrogen-bond donors (Lipinski definition) is 1. The van der Waals surface area contributed by atoms with E-state index in [0.717, 1.165) is 18.6 Å². The van der Waals surface area contributed by atoms with Crippen LogP contribution in [0.25, 0.3) is 0 Å². The Hall–Kier alpha value is -1.06. The highest BCUT2D eigenvalue weighted by atomic mass is 16.7. The summed E-state index contributed by atoms with van der Waals surface area (Å²) in [6.45, 7) is 3.57. The van der Waals surface area contributed by atoms with Crippen molar-refractivity contribution in [2.45, 2.75) is 38.7 Å². The highest BCUT2D eigenvalue weighted by Gasteiger charge is 2.41. The van der Waals surface area contributed by atoms with Gasteiger partial charge >= 0.3 is 5.97 Å². The molecule has 0 amide bonds. The minimum atomic E-state index is -1.12. The lowest BCUT2D eigenvalue weighted by Crippen LogP contribution is -2.35. The molecule has 68 valence electrons. The second-order valence-corrected chi connectivity index (χ2v) is 3.21. The molecule has 1 unspecified atom stereocenters. The van der Waals surface area contributed by atoms with Gasteiger partial charge in [-0.05, 0) is 13.3 Å². The Labute approximate surface area is 71.2 Å². The van der Waals surface area contributed by atoms with Crippen molar-refractivity contribution < 1.29 is 14.7 Å². The van der Waals surface area contributed by atoms with Crippen LogP contribution in [0.4, 0.5) is 0 Å². The maximum absolute atomic E-state index is 10.7. The molecule has 0 aromatic heterocycles.